The number of benzene rings is 2. The highest BCUT2D eigenvalue weighted by molar-refractivity contribution is 7.12. The molecule has 0 atom stereocenters. The number of nitrogens with zero attached hydrogens (tertiary/aromatic N) is 3. The number of aromatic nitrogens is 2. The van der Waals surface area contributed by atoms with Gasteiger partial charge in [-0.05, 0) is 55.6 Å². The van der Waals surface area contributed by atoms with Crippen LogP contribution in [-0.4, -0.2) is 33.5 Å². The SMILES string of the molecule is Cc1nn(-c2ccccc2)c(C)c1CN(C)C(=O)c1ccc(Cl)c(NC(=O)c2cccs2)c1. The van der Waals surface area contributed by atoms with Gasteiger partial charge in [-0.2, -0.15) is 5.10 Å². The average molecular weight is 479 g/mol. The van der Waals surface area contributed by atoms with Gasteiger partial charge >= 0.3 is 0 Å². The standard InChI is InChI=1S/C25H23ClN4O2S/c1-16-20(17(2)30(28-16)19-8-5-4-6-9-19)15-29(3)25(32)18-11-12-21(26)22(14-18)27-24(31)23-10-7-13-33-23/h4-14H,15H2,1-3H3,(H,27,31). The van der Waals surface area contributed by atoms with E-state index in [-0.39, 0.29) is 11.8 Å². The summed E-state index contributed by atoms with van der Waals surface area (Å²) in [6, 6.07) is 18.3. The fraction of sp³-hybridized carbons (Fsp3) is 0.160. The van der Waals surface area contributed by atoms with Crippen LogP contribution in [0.2, 0.25) is 5.02 Å². The van der Waals surface area contributed by atoms with Crippen molar-refractivity contribution in [3.05, 3.63) is 98.5 Å². The summed E-state index contributed by atoms with van der Waals surface area (Å²) < 4.78 is 1.89. The number of hydrogen-bond donors (Lipinski definition) is 1. The summed E-state index contributed by atoms with van der Waals surface area (Å²) in [6.07, 6.45) is 0. The number of amides is 2. The number of para-hydroxylation sites is 1. The monoisotopic (exact) mass is 478 g/mol. The molecule has 0 unspecified atom stereocenters. The third kappa shape index (κ3) is 4.84. The molecular formula is C25H23ClN4O2S. The second-order valence-corrected chi connectivity index (χ2v) is 9.04. The van der Waals surface area contributed by atoms with E-state index in [0.717, 1.165) is 22.6 Å². The van der Waals surface area contributed by atoms with Gasteiger partial charge in [0.05, 0.1) is 27.0 Å². The van der Waals surface area contributed by atoms with Crippen molar-refractivity contribution in [1.82, 2.24) is 14.7 Å². The van der Waals surface area contributed by atoms with Crippen LogP contribution in [0.3, 0.4) is 0 Å². The summed E-state index contributed by atoms with van der Waals surface area (Å²) in [6.45, 7) is 4.35. The van der Waals surface area contributed by atoms with Crippen molar-refractivity contribution < 1.29 is 9.59 Å². The smallest absolute Gasteiger partial charge is 0.265 e. The van der Waals surface area contributed by atoms with Crippen molar-refractivity contribution in [1.29, 1.82) is 0 Å². The highest BCUT2D eigenvalue weighted by Crippen LogP contribution is 2.26. The Labute approximate surface area is 201 Å². The van der Waals surface area contributed by atoms with Gasteiger partial charge in [-0.25, -0.2) is 4.68 Å². The lowest BCUT2D eigenvalue weighted by molar-refractivity contribution is 0.0784. The van der Waals surface area contributed by atoms with E-state index in [2.05, 4.69) is 10.4 Å². The van der Waals surface area contributed by atoms with Crippen LogP contribution in [0.15, 0.2) is 66.0 Å². The van der Waals surface area contributed by atoms with Gasteiger partial charge in [-0.15, -0.1) is 11.3 Å². The quantitative estimate of drug-likeness (QED) is 0.385. The van der Waals surface area contributed by atoms with E-state index < -0.39 is 0 Å². The molecule has 2 aromatic carbocycles. The predicted molar refractivity (Wildman–Crippen MR) is 133 cm³/mol. The number of rotatable bonds is 6. The molecule has 0 saturated carbocycles. The molecule has 4 aromatic rings. The van der Waals surface area contributed by atoms with Crippen molar-refractivity contribution >= 4 is 40.4 Å². The maximum Gasteiger partial charge on any atom is 0.265 e. The molecule has 0 aliphatic carbocycles. The molecule has 6 nitrogen and oxygen atoms in total. The van der Waals surface area contributed by atoms with E-state index in [0.29, 0.717) is 27.7 Å². The van der Waals surface area contributed by atoms with Gasteiger partial charge in [0.2, 0.25) is 0 Å². The highest BCUT2D eigenvalue weighted by atomic mass is 35.5. The molecule has 0 radical (unpaired) electrons. The zero-order chi connectivity index (χ0) is 23.5. The average Bonchev–Trinajstić information content (AvgIpc) is 3.45. The van der Waals surface area contributed by atoms with Crippen LogP contribution in [0, 0.1) is 13.8 Å². The van der Waals surface area contributed by atoms with Gasteiger partial charge in [0.15, 0.2) is 0 Å². The second kappa shape index (κ2) is 9.60. The zero-order valence-corrected chi connectivity index (χ0v) is 20.1. The fourth-order valence-electron chi connectivity index (χ4n) is 3.60. The Kier molecular flexibility index (Phi) is 6.62. The number of carbonyl (C=O) groups is 2. The molecule has 33 heavy (non-hydrogen) atoms. The summed E-state index contributed by atoms with van der Waals surface area (Å²) in [4.78, 5) is 27.8. The molecule has 2 heterocycles. The van der Waals surface area contributed by atoms with Gasteiger partial charge < -0.3 is 10.2 Å². The van der Waals surface area contributed by atoms with Gasteiger partial charge in [-0.3, -0.25) is 9.59 Å². The molecule has 168 valence electrons. The Bertz CT molecular complexity index is 1300. The van der Waals surface area contributed by atoms with E-state index in [9.17, 15) is 9.59 Å². The lowest BCUT2D eigenvalue weighted by Gasteiger charge is -2.18. The summed E-state index contributed by atoms with van der Waals surface area (Å²) >= 11 is 7.61. The predicted octanol–water partition coefficient (Wildman–Crippen LogP) is 5.73. The van der Waals surface area contributed by atoms with E-state index in [1.54, 1.807) is 42.3 Å². The lowest BCUT2D eigenvalue weighted by atomic mass is 10.1. The number of aryl methyl sites for hydroxylation is 1. The van der Waals surface area contributed by atoms with Gasteiger partial charge in [0.25, 0.3) is 11.8 Å². The summed E-state index contributed by atoms with van der Waals surface area (Å²) in [5, 5.41) is 9.65. The first-order valence-corrected chi connectivity index (χ1v) is 11.6. The van der Waals surface area contributed by atoms with Crippen molar-refractivity contribution in [2.24, 2.45) is 0 Å². The topological polar surface area (TPSA) is 67.2 Å². The number of halogens is 1. The van der Waals surface area contributed by atoms with Crippen LogP contribution in [0.4, 0.5) is 5.69 Å². The van der Waals surface area contributed by atoms with Crippen LogP contribution in [0.1, 0.15) is 37.0 Å². The number of thiophene rings is 1. The van der Waals surface area contributed by atoms with Gasteiger partial charge in [0, 0.05) is 30.4 Å². The molecule has 4 rings (SSSR count). The minimum absolute atomic E-state index is 0.176. The van der Waals surface area contributed by atoms with Crippen molar-refractivity contribution in [3.8, 4) is 5.69 Å². The van der Waals surface area contributed by atoms with E-state index in [1.807, 2.05) is 54.2 Å². The van der Waals surface area contributed by atoms with Crippen LogP contribution in [0.5, 0.6) is 0 Å². The molecular weight excluding hydrogens is 456 g/mol. The zero-order valence-electron chi connectivity index (χ0n) is 18.5. The molecule has 1 N–H and O–H groups in total. The highest BCUT2D eigenvalue weighted by Gasteiger charge is 2.19. The number of carbonyl (C=O) groups excluding carboxylic acids is 2. The Hall–Kier alpha value is -3.42. The van der Waals surface area contributed by atoms with E-state index in [4.69, 9.17) is 11.6 Å². The maximum absolute atomic E-state index is 13.2. The Balaban J connectivity index is 1.53. The molecule has 2 aromatic heterocycles. The van der Waals surface area contributed by atoms with Crippen molar-refractivity contribution in [3.63, 3.8) is 0 Å². The second-order valence-electron chi connectivity index (χ2n) is 7.68. The molecule has 8 heteroatoms. The Morgan fingerprint density at radius 1 is 1.09 bits per heavy atom. The van der Waals surface area contributed by atoms with Crippen molar-refractivity contribution in [2.45, 2.75) is 20.4 Å². The summed E-state index contributed by atoms with van der Waals surface area (Å²) in [7, 11) is 1.75. The molecule has 0 fully saturated rings. The molecule has 0 bridgehead atoms. The Morgan fingerprint density at radius 3 is 2.55 bits per heavy atom. The van der Waals surface area contributed by atoms with Crippen LogP contribution in [-0.2, 0) is 6.54 Å². The first kappa shape index (κ1) is 22.8. The minimum atomic E-state index is -0.260. The number of anilines is 1. The van der Waals surface area contributed by atoms with Gasteiger partial charge in [0.1, 0.15) is 0 Å². The van der Waals surface area contributed by atoms with E-state index >= 15 is 0 Å². The van der Waals surface area contributed by atoms with E-state index in [1.165, 1.54) is 11.3 Å². The summed E-state index contributed by atoms with van der Waals surface area (Å²) in [5.41, 5.74) is 4.67. The Morgan fingerprint density at radius 2 is 1.85 bits per heavy atom. The third-order valence-corrected chi connectivity index (χ3v) is 6.59. The summed E-state index contributed by atoms with van der Waals surface area (Å²) in [5.74, 6) is -0.436. The largest absolute Gasteiger partial charge is 0.337 e. The first-order valence-electron chi connectivity index (χ1n) is 10.4. The molecule has 2 amide bonds. The minimum Gasteiger partial charge on any atom is -0.337 e. The first-order chi connectivity index (χ1) is 15.8. The molecule has 0 aliphatic heterocycles. The third-order valence-electron chi connectivity index (χ3n) is 5.39. The van der Waals surface area contributed by atoms with Crippen LogP contribution < -0.4 is 5.32 Å². The number of nitrogens with one attached hydrogen (secondary N) is 1. The van der Waals surface area contributed by atoms with Crippen molar-refractivity contribution in [2.75, 3.05) is 12.4 Å². The van der Waals surface area contributed by atoms with Gasteiger partial charge in [-0.1, -0.05) is 35.9 Å². The molecule has 0 spiro atoms. The normalized spacial score (nSPS) is 10.8. The van der Waals surface area contributed by atoms with Crippen LogP contribution >= 0.6 is 22.9 Å². The molecule has 0 saturated heterocycles. The fourth-order valence-corrected chi connectivity index (χ4v) is 4.38. The maximum atomic E-state index is 13.2. The van der Waals surface area contributed by atoms with Crippen LogP contribution in [0.25, 0.3) is 5.69 Å². The molecule has 0 aliphatic rings. The number of hydrogen-bond acceptors (Lipinski definition) is 4. The lowest BCUT2D eigenvalue weighted by Crippen LogP contribution is -2.27.